The molecule has 7 heteroatoms. The van der Waals surface area contributed by atoms with Crippen LogP contribution in [0.4, 0.5) is 0 Å². The molecule has 0 aromatic carbocycles. The molecule has 1 amide bonds. The third-order valence-electron chi connectivity index (χ3n) is 3.00. The van der Waals surface area contributed by atoms with E-state index in [9.17, 15) is 4.79 Å². The number of furan rings is 1. The number of nitrogens with two attached hydrogens (primary N) is 1. The summed E-state index contributed by atoms with van der Waals surface area (Å²) in [5.41, 5.74) is 5.99. The number of hydrogen-bond acceptors (Lipinski definition) is 5. The van der Waals surface area contributed by atoms with E-state index in [0.717, 1.165) is 5.76 Å². The molecule has 0 spiro atoms. The highest BCUT2D eigenvalue weighted by Gasteiger charge is 2.20. The van der Waals surface area contributed by atoms with Gasteiger partial charge in [0.05, 0.1) is 0 Å². The first kappa shape index (κ1) is 16.7. The maximum Gasteiger partial charge on any atom is 0.273 e. The van der Waals surface area contributed by atoms with Gasteiger partial charge in [0.15, 0.2) is 10.8 Å². The van der Waals surface area contributed by atoms with E-state index in [0.29, 0.717) is 23.0 Å². The molecule has 0 fully saturated rings. The number of amides is 1. The summed E-state index contributed by atoms with van der Waals surface area (Å²) in [5.74, 6) is 1.40. The van der Waals surface area contributed by atoms with Gasteiger partial charge in [0, 0.05) is 25.0 Å². The Morgan fingerprint density at radius 3 is 2.80 bits per heavy atom. The van der Waals surface area contributed by atoms with Crippen molar-refractivity contribution >= 4 is 29.7 Å². The Kier molecular flexibility index (Phi) is 5.74. The predicted octanol–water partition coefficient (Wildman–Crippen LogP) is 2.55. The van der Waals surface area contributed by atoms with Crippen molar-refractivity contribution in [2.75, 3.05) is 13.6 Å². The minimum atomic E-state index is -0.122. The van der Waals surface area contributed by atoms with E-state index in [-0.39, 0.29) is 24.4 Å². The molecule has 1 atom stereocenters. The summed E-state index contributed by atoms with van der Waals surface area (Å²) >= 11 is 1.40. The Balaban J connectivity index is 0.00000200. The second-order valence-corrected chi connectivity index (χ2v) is 5.31. The number of rotatable bonds is 4. The Labute approximate surface area is 128 Å². The van der Waals surface area contributed by atoms with Crippen LogP contribution in [-0.4, -0.2) is 35.4 Å². The zero-order chi connectivity index (χ0) is 14.0. The van der Waals surface area contributed by atoms with Crippen LogP contribution in [0.2, 0.25) is 0 Å². The molecule has 0 saturated heterocycles. The number of likely N-dealkylation sites (N-methyl/N-ethyl adjacent to an activating group) is 1. The van der Waals surface area contributed by atoms with Crippen molar-refractivity contribution in [3.8, 4) is 10.8 Å². The van der Waals surface area contributed by atoms with Crippen LogP contribution < -0.4 is 5.73 Å². The van der Waals surface area contributed by atoms with Crippen molar-refractivity contribution < 1.29 is 9.21 Å². The molecule has 2 aromatic heterocycles. The van der Waals surface area contributed by atoms with Gasteiger partial charge in [-0.2, -0.15) is 0 Å². The van der Waals surface area contributed by atoms with Gasteiger partial charge in [0.25, 0.3) is 5.91 Å². The second-order valence-electron chi connectivity index (χ2n) is 4.45. The molecule has 2 aromatic rings. The van der Waals surface area contributed by atoms with E-state index in [4.69, 9.17) is 10.2 Å². The van der Waals surface area contributed by atoms with Gasteiger partial charge >= 0.3 is 0 Å². The Morgan fingerprint density at radius 2 is 2.25 bits per heavy atom. The van der Waals surface area contributed by atoms with Crippen LogP contribution in [0.15, 0.2) is 21.9 Å². The molecule has 0 aliphatic carbocycles. The normalized spacial score (nSPS) is 11.8. The van der Waals surface area contributed by atoms with Crippen molar-refractivity contribution in [2.24, 2.45) is 5.73 Å². The van der Waals surface area contributed by atoms with Gasteiger partial charge in [0.1, 0.15) is 11.5 Å². The SMILES string of the molecule is Cc1ccc(-c2nc(C(=O)N(C)C(C)CN)cs2)o1.Cl. The van der Waals surface area contributed by atoms with Crippen LogP contribution >= 0.6 is 23.7 Å². The fraction of sp³-hybridized carbons (Fsp3) is 0.385. The van der Waals surface area contributed by atoms with Gasteiger partial charge < -0.3 is 15.1 Å². The van der Waals surface area contributed by atoms with Crippen molar-refractivity contribution in [3.05, 3.63) is 29.0 Å². The minimum absolute atomic E-state index is 0. The zero-order valence-electron chi connectivity index (χ0n) is 11.6. The first-order valence-corrected chi connectivity index (χ1v) is 6.90. The fourth-order valence-corrected chi connectivity index (χ4v) is 2.33. The van der Waals surface area contributed by atoms with Crippen LogP contribution in [0, 0.1) is 6.92 Å². The molecule has 0 saturated carbocycles. The molecule has 1 unspecified atom stereocenters. The van der Waals surface area contributed by atoms with Gasteiger partial charge in [-0.15, -0.1) is 23.7 Å². The quantitative estimate of drug-likeness (QED) is 0.941. The van der Waals surface area contributed by atoms with Crippen LogP contribution in [0.3, 0.4) is 0 Å². The lowest BCUT2D eigenvalue weighted by Gasteiger charge is -2.22. The number of hydrogen-bond donors (Lipinski definition) is 1. The lowest BCUT2D eigenvalue weighted by atomic mass is 10.3. The number of halogens is 1. The third-order valence-corrected chi connectivity index (χ3v) is 3.85. The molecule has 110 valence electrons. The van der Waals surface area contributed by atoms with Gasteiger partial charge in [-0.25, -0.2) is 4.98 Å². The predicted molar refractivity (Wildman–Crippen MR) is 82.4 cm³/mol. The molecule has 0 radical (unpaired) electrons. The van der Waals surface area contributed by atoms with Crippen LogP contribution in [-0.2, 0) is 0 Å². The molecule has 2 heterocycles. The standard InChI is InChI=1S/C13H17N3O2S.ClH/c1-8(6-14)16(3)13(17)10-7-19-12(15-10)11-5-4-9(2)18-11;/h4-5,7-8H,6,14H2,1-3H3;1H. The molecule has 0 bridgehead atoms. The molecule has 2 N–H and O–H groups in total. The largest absolute Gasteiger partial charge is 0.459 e. The summed E-state index contributed by atoms with van der Waals surface area (Å²) in [6.07, 6.45) is 0. The van der Waals surface area contributed by atoms with E-state index in [1.54, 1.807) is 17.3 Å². The molecule has 20 heavy (non-hydrogen) atoms. The summed E-state index contributed by atoms with van der Waals surface area (Å²) in [7, 11) is 1.73. The monoisotopic (exact) mass is 315 g/mol. The second kappa shape index (κ2) is 6.88. The Morgan fingerprint density at radius 1 is 1.55 bits per heavy atom. The lowest BCUT2D eigenvalue weighted by Crippen LogP contribution is -2.39. The summed E-state index contributed by atoms with van der Waals surface area (Å²) < 4.78 is 5.49. The average molecular weight is 316 g/mol. The van der Waals surface area contributed by atoms with E-state index in [1.165, 1.54) is 11.3 Å². The summed E-state index contributed by atoms with van der Waals surface area (Å²) in [6.45, 7) is 4.21. The third kappa shape index (κ3) is 3.39. The number of carbonyl (C=O) groups excluding carboxylic acids is 1. The Bertz CT molecular complexity index is 582. The van der Waals surface area contributed by atoms with Crippen LogP contribution in [0.5, 0.6) is 0 Å². The number of aryl methyl sites for hydroxylation is 1. The Hall–Kier alpha value is -1.37. The maximum atomic E-state index is 12.2. The van der Waals surface area contributed by atoms with E-state index in [1.807, 2.05) is 26.0 Å². The highest BCUT2D eigenvalue weighted by atomic mass is 35.5. The van der Waals surface area contributed by atoms with E-state index >= 15 is 0 Å². The summed E-state index contributed by atoms with van der Waals surface area (Å²) in [6, 6.07) is 3.72. The first-order chi connectivity index (χ1) is 9.02. The number of carbonyl (C=O) groups is 1. The first-order valence-electron chi connectivity index (χ1n) is 6.02. The average Bonchev–Trinajstić information content (AvgIpc) is 3.04. The van der Waals surface area contributed by atoms with Crippen molar-refractivity contribution in [1.82, 2.24) is 9.88 Å². The molecule has 5 nitrogen and oxygen atoms in total. The fourth-order valence-electron chi connectivity index (χ4n) is 1.57. The molecular formula is C13H18ClN3O2S. The van der Waals surface area contributed by atoms with Gasteiger partial charge in [-0.05, 0) is 26.0 Å². The number of aromatic nitrogens is 1. The number of thiazole rings is 1. The molecule has 0 aliphatic heterocycles. The zero-order valence-corrected chi connectivity index (χ0v) is 13.3. The van der Waals surface area contributed by atoms with Crippen molar-refractivity contribution in [3.63, 3.8) is 0 Å². The van der Waals surface area contributed by atoms with E-state index < -0.39 is 0 Å². The van der Waals surface area contributed by atoms with Crippen molar-refractivity contribution in [1.29, 1.82) is 0 Å². The number of nitrogens with zero attached hydrogens (tertiary/aromatic N) is 2. The van der Waals surface area contributed by atoms with Gasteiger partial charge in [0.2, 0.25) is 0 Å². The highest BCUT2D eigenvalue weighted by molar-refractivity contribution is 7.13. The molecular weight excluding hydrogens is 298 g/mol. The van der Waals surface area contributed by atoms with Gasteiger partial charge in [-0.1, -0.05) is 0 Å². The van der Waals surface area contributed by atoms with E-state index in [2.05, 4.69) is 4.98 Å². The highest BCUT2D eigenvalue weighted by Crippen LogP contribution is 2.26. The smallest absolute Gasteiger partial charge is 0.273 e. The lowest BCUT2D eigenvalue weighted by molar-refractivity contribution is 0.0743. The summed E-state index contributed by atoms with van der Waals surface area (Å²) in [5, 5.41) is 2.46. The topological polar surface area (TPSA) is 72.4 Å². The molecule has 2 rings (SSSR count). The van der Waals surface area contributed by atoms with Gasteiger partial charge in [-0.3, -0.25) is 4.79 Å². The summed E-state index contributed by atoms with van der Waals surface area (Å²) in [4.78, 5) is 18.1. The van der Waals surface area contributed by atoms with Crippen LogP contribution in [0.1, 0.15) is 23.2 Å². The molecule has 0 aliphatic rings. The van der Waals surface area contributed by atoms with Crippen molar-refractivity contribution in [2.45, 2.75) is 19.9 Å². The van der Waals surface area contributed by atoms with Crippen LogP contribution in [0.25, 0.3) is 10.8 Å². The minimum Gasteiger partial charge on any atom is -0.459 e. The maximum absolute atomic E-state index is 12.2.